The van der Waals surface area contributed by atoms with Crippen molar-refractivity contribution in [2.75, 3.05) is 25.1 Å². The summed E-state index contributed by atoms with van der Waals surface area (Å²) in [7, 11) is 0. The van der Waals surface area contributed by atoms with E-state index in [1.165, 1.54) is 19.2 Å². The number of anilines is 1. The van der Waals surface area contributed by atoms with Crippen LogP contribution < -0.4 is 5.32 Å². The highest BCUT2D eigenvalue weighted by Crippen LogP contribution is 2.28. The van der Waals surface area contributed by atoms with Crippen LogP contribution in [0.3, 0.4) is 0 Å². The largest absolute Gasteiger partial charge is 0.381 e. The van der Waals surface area contributed by atoms with Crippen molar-refractivity contribution in [1.82, 2.24) is 9.97 Å². The average molecular weight is 286 g/mol. The van der Waals surface area contributed by atoms with Gasteiger partial charge in [-0.3, -0.25) is 0 Å². The first-order chi connectivity index (χ1) is 7.84. The number of nitrogens with zero attached hydrogens (tertiary/aromatic N) is 2. The molecule has 1 N–H and O–H groups in total. The second-order valence-corrected chi connectivity index (χ2v) is 4.84. The third kappa shape index (κ3) is 4.45. The Kier molecular flexibility index (Phi) is 4.54. The van der Waals surface area contributed by atoms with Gasteiger partial charge in [0.2, 0.25) is 0 Å². The smallest absolute Gasteiger partial charge is 0.130 e. The van der Waals surface area contributed by atoms with Crippen LogP contribution in [0.4, 0.5) is 5.82 Å². The normalized spacial score (nSPS) is 15.1. The lowest BCUT2D eigenvalue weighted by Crippen LogP contribution is -2.08. The molecule has 88 valence electrons. The molecule has 1 aromatic heterocycles. The fourth-order valence-electron chi connectivity index (χ4n) is 1.36. The van der Waals surface area contributed by atoms with E-state index in [0.717, 1.165) is 42.5 Å². The van der Waals surface area contributed by atoms with Gasteiger partial charge in [-0.15, -0.1) is 0 Å². The summed E-state index contributed by atoms with van der Waals surface area (Å²) in [6, 6.07) is 1.87. The molecule has 1 aromatic rings. The highest BCUT2D eigenvalue weighted by molar-refractivity contribution is 9.10. The molecule has 1 aliphatic carbocycles. The molecule has 0 saturated heterocycles. The molecule has 0 spiro atoms. The predicted molar refractivity (Wildman–Crippen MR) is 66.4 cm³/mol. The molecule has 1 aliphatic rings. The standard InChI is InChI=1S/C11H16BrN3O/c12-10-6-11(15-8-14-10)13-4-1-5-16-7-9-2-3-9/h6,8-9H,1-5,7H2,(H,13,14,15). The van der Waals surface area contributed by atoms with E-state index >= 15 is 0 Å². The zero-order valence-corrected chi connectivity index (χ0v) is 10.7. The van der Waals surface area contributed by atoms with E-state index in [0.29, 0.717) is 0 Å². The lowest BCUT2D eigenvalue weighted by atomic mass is 10.4. The number of nitrogens with one attached hydrogen (secondary N) is 1. The molecule has 0 radical (unpaired) electrons. The van der Waals surface area contributed by atoms with E-state index in [4.69, 9.17) is 4.74 Å². The Labute approximate surface area is 104 Å². The molecule has 0 atom stereocenters. The molecule has 1 heterocycles. The molecule has 0 unspecified atom stereocenters. The third-order valence-electron chi connectivity index (χ3n) is 2.46. The number of halogens is 1. The van der Waals surface area contributed by atoms with Gasteiger partial charge in [-0.25, -0.2) is 9.97 Å². The van der Waals surface area contributed by atoms with Gasteiger partial charge in [-0.1, -0.05) is 0 Å². The van der Waals surface area contributed by atoms with Gasteiger partial charge in [0.1, 0.15) is 16.7 Å². The molecule has 16 heavy (non-hydrogen) atoms. The van der Waals surface area contributed by atoms with Crippen molar-refractivity contribution in [1.29, 1.82) is 0 Å². The number of ether oxygens (including phenoxy) is 1. The molecular weight excluding hydrogens is 270 g/mol. The minimum atomic E-state index is 0.801. The molecule has 0 bridgehead atoms. The summed E-state index contributed by atoms with van der Waals surface area (Å²) in [5, 5.41) is 3.23. The van der Waals surface area contributed by atoms with E-state index in [1.54, 1.807) is 0 Å². The summed E-state index contributed by atoms with van der Waals surface area (Å²) >= 11 is 3.30. The number of hydrogen-bond acceptors (Lipinski definition) is 4. The second kappa shape index (κ2) is 6.15. The van der Waals surface area contributed by atoms with Gasteiger partial charge in [-0.05, 0) is 41.1 Å². The van der Waals surface area contributed by atoms with Gasteiger partial charge < -0.3 is 10.1 Å². The Balaban J connectivity index is 1.53. The van der Waals surface area contributed by atoms with Crippen molar-refractivity contribution in [2.45, 2.75) is 19.3 Å². The van der Waals surface area contributed by atoms with Crippen molar-refractivity contribution >= 4 is 21.7 Å². The van der Waals surface area contributed by atoms with Crippen LogP contribution in [-0.4, -0.2) is 29.7 Å². The van der Waals surface area contributed by atoms with Crippen LogP contribution in [0.5, 0.6) is 0 Å². The second-order valence-electron chi connectivity index (χ2n) is 4.02. The van der Waals surface area contributed by atoms with E-state index < -0.39 is 0 Å². The summed E-state index contributed by atoms with van der Waals surface area (Å²) in [6.45, 7) is 2.66. The van der Waals surface area contributed by atoms with Crippen LogP contribution >= 0.6 is 15.9 Å². The number of aromatic nitrogens is 2. The Hall–Kier alpha value is -0.680. The lowest BCUT2D eigenvalue weighted by Gasteiger charge is -2.05. The van der Waals surface area contributed by atoms with E-state index in [9.17, 15) is 0 Å². The van der Waals surface area contributed by atoms with E-state index in [1.807, 2.05) is 6.07 Å². The first kappa shape index (κ1) is 11.8. The molecule has 1 saturated carbocycles. The van der Waals surface area contributed by atoms with Gasteiger partial charge in [0.15, 0.2) is 0 Å². The van der Waals surface area contributed by atoms with Gasteiger partial charge in [0.25, 0.3) is 0 Å². The zero-order valence-electron chi connectivity index (χ0n) is 9.16. The van der Waals surface area contributed by atoms with Crippen LogP contribution in [-0.2, 0) is 4.74 Å². The Morgan fingerprint density at radius 1 is 1.44 bits per heavy atom. The third-order valence-corrected chi connectivity index (χ3v) is 2.89. The van der Waals surface area contributed by atoms with Crippen molar-refractivity contribution in [2.24, 2.45) is 5.92 Å². The maximum absolute atomic E-state index is 5.54. The van der Waals surface area contributed by atoms with Crippen LogP contribution in [0.1, 0.15) is 19.3 Å². The molecule has 0 aromatic carbocycles. The monoisotopic (exact) mass is 285 g/mol. The van der Waals surface area contributed by atoms with Crippen molar-refractivity contribution in [3.63, 3.8) is 0 Å². The number of hydrogen-bond donors (Lipinski definition) is 1. The first-order valence-corrected chi connectivity index (χ1v) is 6.43. The highest BCUT2D eigenvalue weighted by Gasteiger charge is 2.20. The molecule has 0 aliphatic heterocycles. The Morgan fingerprint density at radius 3 is 3.06 bits per heavy atom. The fourth-order valence-corrected chi connectivity index (χ4v) is 1.66. The highest BCUT2D eigenvalue weighted by atomic mass is 79.9. The van der Waals surface area contributed by atoms with E-state index in [-0.39, 0.29) is 0 Å². The SMILES string of the molecule is Brc1cc(NCCCOCC2CC2)ncn1. The van der Waals surface area contributed by atoms with Crippen molar-refractivity contribution in [3.05, 3.63) is 17.0 Å². The summed E-state index contributed by atoms with van der Waals surface area (Å²) in [5.74, 6) is 1.70. The Bertz CT molecular complexity index is 331. The molecule has 2 rings (SSSR count). The van der Waals surface area contributed by atoms with Gasteiger partial charge in [-0.2, -0.15) is 0 Å². The predicted octanol–water partition coefficient (Wildman–Crippen LogP) is 2.47. The molecule has 4 nitrogen and oxygen atoms in total. The first-order valence-electron chi connectivity index (χ1n) is 5.64. The summed E-state index contributed by atoms with van der Waals surface area (Å²) in [6.07, 6.45) is 5.25. The topological polar surface area (TPSA) is 47.0 Å². The van der Waals surface area contributed by atoms with Gasteiger partial charge in [0, 0.05) is 25.8 Å². The van der Waals surface area contributed by atoms with Gasteiger partial charge in [0.05, 0.1) is 0 Å². The Morgan fingerprint density at radius 2 is 2.31 bits per heavy atom. The molecule has 0 amide bonds. The van der Waals surface area contributed by atoms with Crippen LogP contribution in [0.15, 0.2) is 17.0 Å². The summed E-state index contributed by atoms with van der Waals surface area (Å²) < 4.78 is 6.34. The van der Waals surface area contributed by atoms with Crippen molar-refractivity contribution < 1.29 is 4.74 Å². The van der Waals surface area contributed by atoms with Crippen LogP contribution in [0, 0.1) is 5.92 Å². The zero-order chi connectivity index (χ0) is 11.2. The average Bonchev–Trinajstić information content (AvgIpc) is 3.07. The molecule has 1 fully saturated rings. The van der Waals surface area contributed by atoms with Crippen LogP contribution in [0.25, 0.3) is 0 Å². The van der Waals surface area contributed by atoms with Crippen molar-refractivity contribution in [3.8, 4) is 0 Å². The number of rotatable bonds is 7. The summed E-state index contributed by atoms with van der Waals surface area (Å²) in [5.41, 5.74) is 0. The maximum atomic E-state index is 5.54. The lowest BCUT2D eigenvalue weighted by molar-refractivity contribution is 0.124. The molecule has 5 heteroatoms. The fraction of sp³-hybridized carbons (Fsp3) is 0.636. The van der Waals surface area contributed by atoms with E-state index in [2.05, 4.69) is 31.2 Å². The summed E-state index contributed by atoms with van der Waals surface area (Å²) in [4.78, 5) is 8.07. The maximum Gasteiger partial charge on any atom is 0.130 e. The van der Waals surface area contributed by atoms with Crippen LogP contribution in [0.2, 0.25) is 0 Å². The minimum absolute atomic E-state index is 0.801. The minimum Gasteiger partial charge on any atom is -0.381 e. The quantitative estimate of drug-likeness (QED) is 0.618. The molecular formula is C11H16BrN3O. The van der Waals surface area contributed by atoms with Gasteiger partial charge >= 0.3 is 0 Å².